The molecule has 5 aliphatic carbocycles. The quantitative estimate of drug-likeness (QED) is 0.457. The lowest BCUT2D eigenvalue weighted by Gasteiger charge is -2.61. The Kier molecular flexibility index (Phi) is 4.92. The van der Waals surface area contributed by atoms with Gasteiger partial charge in [0.05, 0.1) is 6.10 Å². The maximum atomic E-state index is 10.3. The highest BCUT2D eigenvalue weighted by Crippen LogP contribution is 2.87. The summed E-state index contributed by atoms with van der Waals surface area (Å²) in [5, 5.41) is 10.3. The van der Waals surface area contributed by atoms with Crippen LogP contribution in [0.5, 0.6) is 0 Å². The largest absolute Gasteiger partial charge is 0.393 e. The summed E-state index contributed by atoms with van der Waals surface area (Å²) >= 11 is 0. The van der Waals surface area contributed by atoms with E-state index in [1.807, 2.05) is 0 Å². The first-order valence-electron chi connectivity index (χ1n) is 13.5. The van der Waals surface area contributed by atoms with Crippen LogP contribution < -0.4 is 0 Å². The molecule has 0 aromatic carbocycles. The lowest BCUT2D eigenvalue weighted by Crippen LogP contribution is -2.55. The Bertz CT molecular complexity index is 709. The number of aliphatic hydroxyl groups is 1. The lowest BCUT2D eigenvalue weighted by atomic mass is 9.43. The van der Waals surface area contributed by atoms with Crippen LogP contribution in [0.4, 0.5) is 0 Å². The second kappa shape index (κ2) is 6.85. The molecule has 1 nitrogen and oxygen atoms in total. The smallest absolute Gasteiger partial charge is 0.0543 e. The van der Waals surface area contributed by atoms with Gasteiger partial charge in [0.2, 0.25) is 0 Å². The van der Waals surface area contributed by atoms with Crippen LogP contribution in [0, 0.1) is 51.2 Å². The van der Waals surface area contributed by atoms with Crippen LogP contribution in [0.15, 0.2) is 12.2 Å². The van der Waals surface area contributed by atoms with Gasteiger partial charge in [-0.1, -0.05) is 46.8 Å². The molecule has 30 heavy (non-hydrogen) atoms. The monoisotopic (exact) mass is 412 g/mol. The van der Waals surface area contributed by atoms with Crippen LogP contribution >= 0.6 is 0 Å². The van der Waals surface area contributed by atoms with E-state index in [2.05, 4.69) is 41.2 Å². The third-order valence-electron chi connectivity index (χ3n) is 12.6. The zero-order chi connectivity index (χ0) is 21.5. The van der Waals surface area contributed by atoms with E-state index in [9.17, 15) is 5.11 Å². The Morgan fingerprint density at radius 2 is 1.70 bits per heavy atom. The molecule has 0 saturated heterocycles. The highest BCUT2D eigenvalue weighted by Gasteiger charge is 2.80. The van der Waals surface area contributed by atoms with Gasteiger partial charge in [-0.05, 0) is 128 Å². The van der Waals surface area contributed by atoms with Crippen molar-refractivity contribution >= 4 is 0 Å². The molecule has 0 radical (unpaired) electrons. The lowest BCUT2D eigenvalue weighted by molar-refractivity contribution is -0.133. The second-order valence-corrected chi connectivity index (χ2v) is 13.6. The van der Waals surface area contributed by atoms with E-state index in [1.54, 1.807) is 0 Å². The van der Waals surface area contributed by atoms with Gasteiger partial charge >= 0.3 is 0 Å². The van der Waals surface area contributed by atoms with Crippen molar-refractivity contribution in [3.63, 3.8) is 0 Å². The van der Waals surface area contributed by atoms with Crippen molar-refractivity contribution in [1.82, 2.24) is 0 Å². The van der Waals surface area contributed by atoms with Crippen molar-refractivity contribution < 1.29 is 5.11 Å². The van der Waals surface area contributed by atoms with Gasteiger partial charge in [-0.25, -0.2) is 0 Å². The maximum absolute atomic E-state index is 10.3. The maximum Gasteiger partial charge on any atom is 0.0543 e. The molecule has 9 atom stereocenters. The van der Waals surface area contributed by atoms with Crippen molar-refractivity contribution in [2.75, 3.05) is 0 Å². The summed E-state index contributed by atoms with van der Waals surface area (Å²) in [6, 6.07) is 0. The molecule has 0 heterocycles. The molecule has 0 unspecified atom stereocenters. The Labute approximate surface area is 186 Å². The summed E-state index contributed by atoms with van der Waals surface area (Å²) in [6.45, 7) is 17.0. The number of allylic oxidation sites excluding steroid dienone is 1. The summed E-state index contributed by atoms with van der Waals surface area (Å²) in [7, 11) is 0. The number of aliphatic hydroxyl groups excluding tert-OH is 1. The summed E-state index contributed by atoms with van der Waals surface area (Å²) in [5.74, 6) is 4.16. The van der Waals surface area contributed by atoms with Gasteiger partial charge in [0.15, 0.2) is 0 Å². The third kappa shape index (κ3) is 2.63. The third-order valence-corrected chi connectivity index (χ3v) is 12.6. The molecule has 1 N–H and O–H groups in total. The molecule has 170 valence electrons. The van der Waals surface area contributed by atoms with E-state index in [-0.39, 0.29) is 6.10 Å². The van der Waals surface area contributed by atoms with Crippen molar-refractivity contribution in [1.29, 1.82) is 0 Å². The predicted octanol–water partition coefficient (Wildman–Crippen LogP) is 7.78. The van der Waals surface area contributed by atoms with Crippen LogP contribution in [0.3, 0.4) is 0 Å². The molecule has 1 heteroatoms. The minimum absolute atomic E-state index is 0.00318. The molecule has 2 spiro atoms. The van der Waals surface area contributed by atoms with E-state index >= 15 is 0 Å². The number of fused-ring (bicyclic) bond motifs is 2. The average Bonchev–Trinajstić information content (AvgIpc) is 3.28. The van der Waals surface area contributed by atoms with E-state index < -0.39 is 0 Å². The van der Waals surface area contributed by atoms with Crippen LogP contribution in [0.2, 0.25) is 0 Å². The molecule has 5 fully saturated rings. The summed E-state index contributed by atoms with van der Waals surface area (Å²) in [5.41, 5.74) is 3.83. The topological polar surface area (TPSA) is 20.2 Å². The van der Waals surface area contributed by atoms with Crippen molar-refractivity contribution in [3.8, 4) is 0 Å². The molecule has 0 aromatic rings. The Hall–Kier alpha value is -0.300. The SMILES string of the molecule is C=C(CC[C@@H](C)[C@H]1CC[C@@]2(C)[C@@H]3CC[C@H]4C[C@@H](O)CC[C@@]45C[C@@]35CC[C@]12C)C(C)C. The van der Waals surface area contributed by atoms with Gasteiger partial charge in [-0.15, -0.1) is 0 Å². The molecule has 0 amide bonds. The Morgan fingerprint density at radius 1 is 0.933 bits per heavy atom. The molecule has 5 aliphatic rings. The normalized spacial score (nSPS) is 52.8. The van der Waals surface area contributed by atoms with Gasteiger partial charge in [0.25, 0.3) is 0 Å². The van der Waals surface area contributed by atoms with Crippen LogP contribution in [-0.2, 0) is 0 Å². The van der Waals surface area contributed by atoms with Crippen molar-refractivity contribution in [3.05, 3.63) is 12.2 Å². The minimum Gasteiger partial charge on any atom is -0.393 e. The highest BCUT2D eigenvalue weighted by atomic mass is 16.3. The molecular formula is C29H48O. The van der Waals surface area contributed by atoms with Crippen LogP contribution in [-0.4, -0.2) is 11.2 Å². The Morgan fingerprint density at radius 3 is 2.43 bits per heavy atom. The molecular weight excluding hydrogens is 364 g/mol. The van der Waals surface area contributed by atoms with E-state index in [0.29, 0.717) is 27.6 Å². The zero-order valence-electron chi connectivity index (χ0n) is 20.6. The first-order valence-corrected chi connectivity index (χ1v) is 13.5. The molecule has 0 aliphatic heterocycles. The standard InChI is InChI=1S/C29H48O/c1-19(2)20(3)7-8-21(4)24-12-13-27(6)25-10-9-22-17-23(30)11-14-28(22)18-29(25,28)16-15-26(24,27)5/h19,21-25,30H,3,7-18H2,1-2,4-6H3/t21-,22+,23+,24-,25+,26-,27+,28-,29+/m1/s1. The molecule has 0 bridgehead atoms. The highest BCUT2D eigenvalue weighted by molar-refractivity contribution is 5.29. The van der Waals surface area contributed by atoms with Crippen molar-refractivity contribution in [2.45, 2.75) is 118 Å². The summed E-state index contributed by atoms with van der Waals surface area (Å²) in [4.78, 5) is 0. The van der Waals surface area contributed by atoms with Crippen LogP contribution in [0.25, 0.3) is 0 Å². The van der Waals surface area contributed by atoms with Gasteiger partial charge in [-0.3, -0.25) is 0 Å². The van der Waals surface area contributed by atoms with E-state index in [1.165, 1.54) is 69.8 Å². The summed E-state index contributed by atoms with van der Waals surface area (Å²) in [6.07, 6.45) is 16.4. The second-order valence-electron chi connectivity index (χ2n) is 13.6. The molecule has 5 rings (SSSR count). The molecule has 0 aromatic heterocycles. The fourth-order valence-corrected chi connectivity index (χ4v) is 10.5. The van der Waals surface area contributed by atoms with E-state index in [0.717, 1.165) is 36.5 Å². The van der Waals surface area contributed by atoms with Gasteiger partial charge in [-0.2, -0.15) is 0 Å². The Balaban J connectivity index is 1.36. The summed E-state index contributed by atoms with van der Waals surface area (Å²) < 4.78 is 0. The predicted molar refractivity (Wildman–Crippen MR) is 126 cm³/mol. The minimum atomic E-state index is -0.00318. The van der Waals surface area contributed by atoms with E-state index in [4.69, 9.17) is 0 Å². The number of hydrogen-bond donors (Lipinski definition) is 1. The first-order chi connectivity index (χ1) is 14.1. The number of hydrogen-bond acceptors (Lipinski definition) is 1. The fourth-order valence-electron chi connectivity index (χ4n) is 10.5. The van der Waals surface area contributed by atoms with Gasteiger partial charge in [0.1, 0.15) is 0 Å². The van der Waals surface area contributed by atoms with Gasteiger partial charge < -0.3 is 5.11 Å². The zero-order valence-corrected chi connectivity index (χ0v) is 20.6. The van der Waals surface area contributed by atoms with Gasteiger partial charge in [0, 0.05) is 0 Å². The number of rotatable bonds is 5. The van der Waals surface area contributed by atoms with Crippen molar-refractivity contribution in [2.24, 2.45) is 51.2 Å². The fraction of sp³-hybridized carbons (Fsp3) is 0.931. The first kappa shape index (κ1) is 21.5. The molecule has 5 saturated carbocycles. The average molecular weight is 413 g/mol. The van der Waals surface area contributed by atoms with Crippen LogP contribution in [0.1, 0.15) is 112 Å².